The molecule has 2 fully saturated rings. The molecule has 1 saturated heterocycles. The van der Waals surface area contributed by atoms with Gasteiger partial charge in [-0.15, -0.1) is 0 Å². The molecule has 1 aliphatic carbocycles. The number of likely N-dealkylation sites (tertiary alicyclic amines) is 1. The van der Waals surface area contributed by atoms with Gasteiger partial charge in [-0.05, 0) is 38.6 Å². The molecule has 0 amide bonds. The Morgan fingerprint density at radius 1 is 1.38 bits per heavy atom. The molecule has 2 rings (SSSR count). The van der Waals surface area contributed by atoms with Crippen LogP contribution in [-0.2, 0) is 4.79 Å². The minimum absolute atomic E-state index is 0.341. The first-order valence-electron chi connectivity index (χ1n) is 5.25. The third-order valence-corrected chi connectivity index (χ3v) is 3.13. The molecule has 0 aromatic carbocycles. The predicted octanol–water partition coefficient (Wildman–Crippen LogP) is 1.48. The molecule has 13 heavy (non-hydrogen) atoms. The summed E-state index contributed by atoms with van der Waals surface area (Å²) in [7, 11) is 0. The molecule has 0 spiro atoms. The Labute approximate surface area is 78.7 Å². The van der Waals surface area contributed by atoms with Gasteiger partial charge in [0.15, 0.2) is 0 Å². The topological polar surface area (TPSA) is 40.5 Å². The highest BCUT2D eigenvalue weighted by molar-refractivity contribution is 5.66. The predicted molar refractivity (Wildman–Crippen MR) is 49.6 cm³/mol. The van der Waals surface area contributed by atoms with Crippen LogP contribution in [0.1, 0.15) is 38.5 Å². The van der Waals surface area contributed by atoms with Crippen molar-refractivity contribution in [3.8, 4) is 0 Å². The van der Waals surface area contributed by atoms with E-state index in [1.807, 2.05) is 0 Å². The molecule has 1 heterocycles. The van der Waals surface area contributed by atoms with E-state index in [2.05, 4.69) is 4.90 Å². The van der Waals surface area contributed by atoms with Gasteiger partial charge in [0.25, 0.3) is 0 Å². The van der Waals surface area contributed by atoms with Gasteiger partial charge in [0.1, 0.15) is 0 Å². The third kappa shape index (κ3) is 2.21. The van der Waals surface area contributed by atoms with Crippen molar-refractivity contribution < 1.29 is 9.90 Å². The number of carboxylic acid groups (broad SMARTS) is 1. The average molecular weight is 183 g/mol. The maximum Gasteiger partial charge on any atom is 0.303 e. The van der Waals surface area contributed by atoms with Crippen molar-refractivity contribution in [2.75, 3.05) is 6.54 Å². The van der Waals surface area contributed by atoms with Gasteiger partial charge in [-0.25, -0.2) is 0 Å². The lowest BCUT2D eigenvalue weighted by atomic mass is 10.1. The molecular formula is C10H17NO2. The quantitative estimate of drug-likeness (QED) is 0.717. The van der Waals surface area contributed by atoms with Crippen LogP contribution in [0.5, 0.6) is 0 Å². The van der Waals surface area contributed by atoms with E-state index in [4.69, 9.17) is 5.11 Å². The molecule has 3 nitrogen and oxygen atoms in total. The Balaban J connectivity index is 1.79. The van der Waals surface area contributed by atoms with Gasteiger partial charge >= 0.3 is 5.97 Å². The van der Waals surface area contributed by atoms with Crippen molar-refractivity contribution in [3.05, 3.63) is 0 Å². The Hall–Kier alpha value is -0.570. The highest BCUT2D eigenvalue weighted by Crippen LogP contribution is 2.34. The standard InChI is InChI=1S/C10H17NO2/c12-10(13)6-5-8-2-1-7-11(8)9-3-4-9/h8-9H,1-7H2,(H,12,13). The number of carbonyl (C=O) groups is 1. The fourth-order valence-electron chi connectivity index (χ4n) is 2.35. The zero-order valence-corrected chi connectivity index (χ0v) is 7.91. The van der Waals surface area contributed by atoms with Crippen LogP contribution >= 0.6 is 0 Å². The Kier molecular flexibility index (Phi) is 2.54. The zero-order valence-electron chi connectivity index (χ0n) is 7.91. The molecule has 1 N–H and O–H groups in total. The van der Waals surface area contributed by atoms with E-state index in [9.17, 15) is 4.79 Å². The lowest BCUT2D eigenvalue weighted by Gasteiger charge is -2.23. The second-order valence-electron chi connectivity index (χ2n) is 4.20. The van der Waals surface area contributed by atoms with Crippen LogP contribution in [-0.4, -0.2) is 34.6 Å². The highest BCUT2D eigenvalue weighted by atomic mass is 16.4. The summed E-state index contributed by atoms with van der Waals surface area (Å²) in [5.41, 5.74) is 0. The second-order valence-corrected chi connectivity index (χ2v) is 4.20. The molecule has 3 heteroatoms. The molecular weight excluding hydrogens is 166 g/mol. The number of nitrogens with zero attached hydrogens (tertiary/aromatic N) is 1. The fraction of sp³-hybridized carbons (Fsp3) is 0.900. The fourth-order valence-corrected chi connectivity index (χ4v) is 2.35. The minimum atomic E-state index is -0.650. The lowest BCUT2D eigenvalue weighted by molar-refractivity contribution is -0.137. The lowest BCUT2D eigenvalue weighted by Crippen LogP contribution is -2.31. The Morgan fingerprint density at radius 3 is 2.77 bits per heavy atom. The molecule has 1 unspecified atom stereocenters. The summed E-state index contributed by atoms with van der Waals surface area (Å²) in [4.78, 5) is 13.0. The van der Waals surface area contributed by atoms with Crippen LogP contribution in [0.4, 0.5) is 0 Å². The highest BCUT2D eigenvalue weighted by Gasteiger charge is 2.36. The molecule has 0 radical (unpaired) electrons. The van der Waals surface area contributed by atoms with Crippen molar-refractivity contribution in [1.82, 2.24) is 4.90 Å². The van der Waals surface area contributed by atoms with E-state index < -0.39 is 5.97 Å². The van der Waals surface area contributed by atoms with Gasteiger partial charge in [-0.2, -0.15) is 0 Å². The molecule has 74 valence electrons. The smallest absolute Gasteiger partial charge is 0.303 e. The van der Waals surface area contributed by atoms with E-state index in [0.29, 0.717) is 12.5 Å². The summed E-state index contributed by atoms with van der Waals surface area (Å²) in [6.45, 7) is 1.20. The summed E-state index contributed by atoms with van der Waals surface area (Å²) in [5, 5.41) is 8.60. The summed E-state index contributed by atoms with van der Waals surface area (Å²) >= 11 is 0. The van der Waals surface area contributed by atoms with Crippen LogP contribution in [0.2, 0.25) is 0 Å². The minimum Gasteiger partial charge on any atom is -0.481 e. The SMILES string of the molecule is O=C(O)CCC1CCCN1C1CC1. The van der Waals surface area contributed by atoms with Gasteiger partial charge in [0.05, 0.1) is 0 Å². The van der Waals surface area contributed by atoms with Crippen molar-refractivity contribution >= 4 is 5.97 Å². The van der Waals surface area contributed by atoms with E-state index in [1.54, 1.807) is 0 Å². The van der Waals surface area contributed by atoms with E-state index in [1.165, 1.54) is 32.2 Å². The summed E-state index contributed by atoms with van der Waals surface area (Å²) in [5.74, 6) is -0.650. The average Bonchev–Trinajstić information content (AvgIpc) is 2.82. The first kappa shape index (κ1) is 9.00. The molecule has 0 aromatic heterocycles. The normalized spacial score (nSPS) is 29.4. The van der Waals surface area contributed by atoms with Crippen LogP contribution in [0, 0.1) is 0 Å². The van der Waals surface area contributed by atoms with Gasteiger partial charge < -0.3 is 5.11 Å². The van der Waals surface area contributed by atoms with Crippen LogP contribution in [0.3, 0.4) is 0 Å². The first-order valence-corrected chi connectivity index (χ1v) is 5.25. The van der Waals surface area contributed by atoms with Crippen LogP contribution in [0.15, 0.2) is 0 Å². The van der Waals surface area contributed by atoms with Crippen molar-refractivity contribution in [1.29, 1.82) is 0 Å². The van der Waals surface area contributed by atoms with Crippen molar-refractivity contribution in [3.63, 3.8) is 0 Å². The number of hydrogen-bond donors (Lipinski definition) is 1. The maximum absolute atomic E-state index is 10.4. The summed E-state index contributed by atoms with van der Waals surface area (Å²) in [6.07, 6.45) is 6.34. The zero-order chi connectivity index (χ0) is 9.26. The number of rotatable bonds is 4. The number of carboxylic acids is 1. The molecule has 2 aliphatic rings. The monoisotopic (exact) mass is 183 g/mol. The largest absolute Gasteiger partial charge is 0.481 e. The molecule has 1 aliphatic heterocycles. The molecule has 1 atom stereocenters. The summed E-state index contributed by atoms with van der Waals surface area (Å²) in [6, 6.07) is 1.38. The van der Waals surface area contributed by atoms with Crippen LogP contribution < -0.4 is 0 Å². The second kappa shape index (κ2) is 3.66. The third-order valence-electron chi connectivity index (χ3n) is 3.13. The maximum atomic E-state index is 10.4. The van der Waals surface area contributed by atoms with Gasteiger partial charge in [0.2, 0.25) is 0 Å². The van der Waals surface area contributed by atoms with Crippen LogP contribution in [0.25, 0.3) is 0 Å². The Morgan fingerprint density at radius 2 is 2.15 bits per heavy atom. The van der Waals surface area contributed by atoms with E-state index in [0.717, 1.165) is 12.5 Å². The van der Waals surface area contributed by atoms with E-state index in [-0.39, 0.29) is 0 Å². The van der Waals surface area contributed by atoms with Gasteiger partial charge in [-0.3, -0.25) is 9.69 Å². The van der Waals surface area contributed by atoms with Crippen molar-refractivity contribution in [2.24, 2.45) is 0 Å². The molecule has 0 aromatic rings. The first-order chi connectivity index (χ1) is 6.27. The van der Waals surface area contributed by atoms with E-state index >= 15 is 0 Å². The Bertz CT molecular complexity index is 201. The molecule has 1 saturated carbocycles. The number of aliphatic carboxylic acids is 1. The van der Waals surface area contributed by atoms with Gasteiger partial charge in [-0.1, -0.05) is 0 Å². The van der Waals surface area contributed by atoms with Gasteiger partial charge in [0, 0.05) is 18.5 Å². The molecule has 0 bridgehead atoms. The van der Waals surface area contributed by atoms with Crippen molar-refractivity contribution in [2.45, 2.75) is 50.6 Å². The summed E-state index contributed by atoms with van der Waals surface area (Å²) < 4.78 is 0. The number of hydrogen-bond acceptors (Lipinski definition) is 2.